The number of hydrogen-bond donors (Lipinski definition) is 0. The number of hydrogen-bond acceptors (Lipinski definition) is 2. The smallest absolute Gasteiger partial charge is 0.413 e. The van der Waals surface area contributed by atoms with Gasteiger partial charge in [0.25, 0.3) is 0 Å². The number of benzene rings is 1. The van der Waals surface area contributed by atoms with E-state index in [1.54, 1.807) is 7.05 Å². The van der Waals surface area contributed by atoms with Gasteiger partial charge in [-0.3, -0.25) is 4.90 Å². The normalized spacial score (nSPS) is 9.46. The Bertz CT molecular complexity index is 297. The Balaban J connectivity index is 2.83. The largest absolute Gasteiger partial charge is 0.452 e. The number of ether oxygens (including phenoxy) is 1. The topological polar surface area (TPSA) is 29.5 Å². The minimum absolute atomic E-state index is 0.331. The van der Waals surface area contributed by atoms with E-state index < -0.39 is 6.09 Å². The molecule has 0 bridgehead atoms. The van der Waals surface area contributed by atoms with Crippen molar-refractivity contribution in [2.75, 3.05) is 19.1 Å². The fraction of sp³-hybridized carbons (Fsp3) is 0.222. The molecule has 4 heteroatoms. The molecule has 0 aliphatic rings. The molecule has 3 nitrogen and oxygen atoms in total. The first-order valence-corrected chi connectivity index (χ1v) is 3.72. The van der Waals surface area contributed by atoms with Crippen LogP contribution in [-0.4, -0.2) is 20.3 Å². The summed E-state index contributed by atoms with van der Waals surface area (Å²) in [6.45, 7) is 0. The summed E-state index contributed by atoms with van der Waals surface area (Å²) >= 11 is 0. The molecule has 0 atom stereocenters. The number of halogens is 1. The minimum Gasteiger partial charge on any atom is -0.452 e. The number of carbonyl (C=O) groups excluding carboxylic acids is 1. The predicted octanol–water partition coefficient (Wildman–Crippen LogP) is 2.03. The molecule has 0 saturated heterocycles. The van der Waals surface area contributed by atoms with Gasteiger partial charge in [0.2, 0.25) is 0 Å². The number of amides is 1. The first kappa shape index (κ1) is 9.51. The molecule has 0 aliphatic heterocycles. The second-order valence-corrected chi connectivity index (χ2v) is 2.51. The van der Waals surface area contributed by atoms with Crippen molar-refractivity contribution < 1.29 is 13.9 Å². The third-order valence-corrected chi connectivity index (χ3v) is 1.66. The summed E-state index contributed by atoms with van der Waals surface area (Å²) in [7, 11) is 2.85. The maximum Gasteiger partial charge on any atom is 0.413 e. The van der Waals surface area contributed by atoms with Gasteiger partial charge in [-0.1, -0.05) is 0 Å². The van der Waals surface area contributed by atoms with Crippen LogP contribution >= 0.6 is 0 Å². The fourth-order valence-corrected chi connectivity index (χ4v) is 0.907. The first-order chi connectivity index (χ1) is 6.15. The summed E-state index contributed by atoms with van der Waals surface area (Å²) in [6, 6.07) is 5.59. The Morgan fingerprint density at radius 3 is 2.38 bits per heavy atom. The van der Waals surface area contributed by atoms with Crippen LogP contribution in [0.2, 0.25) is 0 Å². The summed E-state index contributed by atoms with van der Waals surface area (Å²) in [4.78, 5) is 12.3. The van der Waals surface area contributed by atoms with Crippen molar-refractivity contribution in [3.05, 3.63) is 30.1 Å². The van der Waals surface area contributed by atoms with Gasteiger partial charge in [-0.25, -0.2) is 9.18 Å². The lowest BCUT2D eigenvalue weighted by Gasteiger charge is -2.14. The quantitative estimate of drug-likeness (QED) is 0.666. The molecule has 1 amide bonds. The molecule has 0 fully saturated rings. The lowest BCUT2D eigenvalue weighted by atomic mass is 10.3. The highest BCUT2D eigenvalue weighted by molar-refractivity contribution is 5.86. The van der Waals surface area contributed by atoms with Crippen molar-refractivity contribution in [1.29, 1.82) is 0 Å². The molecule has 0 heterocycles. The molecular formula is C9H10FNO2. The van der Waals surface area contributed by atoms with E-state index in [0.717, 1.165) is 0 Å². The maximum absolute atomic E-state index is 12.5. The van der Waals surface area contributed by atoms with Crippen LogP contribution in [0.4, 0.5) is 14.9 Å². The van der Waals surface area contributed by atoms with E-state index in [1.807, 2.05) is 0 Å². The second-order valence-electron chi connectivity index (χ2n) is 2.51. The molecule has 1 aromatic rings. The number of nitrogens with zero attached hydrogens (tertiary/aromatic N) is 1. The summed E-state index contributed by atoms with van der Waals surface area (Å²) in [5, 5.41) is 0. The van der Waals surface area contributed by atoms with Crippen molar-refractivity contribution in [3.63, 3.8) is 0 Å². The van der Waals surface area contributed by atoms with Gasteiger partial charge in [0.05, 0.1) is 7.11 Å². The Labute approximate surface area is 75.7 Å². The average molecular weight is 183 g/mol. The van der Waals surface area contributed by atoms with Crippen LogP contribution in [-0.2, 0) is 4.74 Å². The average Bonchev–Trinajstić information content (AvgIpc) is 2.17. The number of anilines is 1. The Hall–Kier alpha value is -1.58. The maximum atomic E-state index is 12.5. The summed E-state index contributed by atoms with van der Waals surface area (Å²) in [5.74, 6) is -0.331. The van der Waals surface area contributed by atoms with Crippen LogP contribution in [0, 0.1) is 5.82 Å². The summed E-state index contributed by atoms with van der Waals surface area (Å²) in [6.07, 6.45) is -0.480. The Morgan fingerprint density at radius 1 is 1.38 bits per heavy atom. The van der Waals surface area contributed by atoms with E-state index in [4.69, 9.17) is 0 Å². The molecule has 0 unspecified atom stereocenters. The lowest BCUT2D eigenvalue weighted by molar-refractivity contribution is 0.180. The zero-order chi connectivity index (χ0) is 9.84. The van der Waals surface area contributed by atoms with Crippen LogP contribution in [0.1, 0.15) is 0 Å². The molecule has 0 aliphatic carbocycles. The minimum atomic E-state index is -0.480. The van der Waals surface area contributed by atoms with Gasteiger partial charge in [-0.15, -0.1) is 0 Å². The highest BCUT2D eigenvalue weighted by atomic mass is 19.1. The van der Waals surface area contributed by atoms with Gasteiger partial charge < -0.3 is 4.74 Å². The van der Waals surface area contributed by atoms with Gasteiger partial charge in [-0.2, -0.15) is 0 Å². The Kier molecular flexibility index (Phi) is 2.84. The van der Waals surface area contributed by atoms with Gasteiger partial charge >= 0.3 is 6.09 Å². The summed E-state index contributed by atoms with van der Waals surface area (Å²) < 4.78 is 17.0. The van der Waals surface area contributed by atoms with Crippen LogP contribution in [0.5, 0.6) is 0 Å². The van der Waals surface area contributed by atoms with E-state index >= 15 is 0 Å². The van der Waals surface area contributed by atoms with Gasteiger partial charge in [-0.05, 0) is 24.3 Å². The van der Waals surface area contributed by atoms with Crippen molar-refractivity contribution in [1.82, 2.24) is 0 Å². The molecular weight excluding hydrogens is 173 g/mol. The third-order valence-electron chi connectivity index (χ3n) is 1.66. The second kappa shape index (κ2) is 3.89. The van der Waals surface area contributed by atoms with Gasteiger partial charge in [0.1, 0.15) is 5.82 Å². The zero-order valence-electron chi connectivity index (χ0n) is 7.45. The zero-order valence-corrected chi connectivity index (χ0v) is 7.45. The van der Waals surface area contributed by atoms with E-state index in [-0.39, 0.29) is 5.82 Å². The molecule has 1 aromatic carbocycles. The van der Waals surface area contributed by atoms with Crippen LogP contribution in [0.3, 0.4) is 0 Å². The molecule has 0 spiro atoms. The van der Waals surface area contributed by atoms with Crippen molar-refractivity contribution >= 4 is 11.8 Å². The van der Waals surface area contributed by atoms with E-state index in [0.29, 0.717) is 5.69 Å². The Morgan fingerprint density at radius 2 is 1.92 bits per heavy atom. The molecule has 1 rings (SSSR count). The van der Waals surface area contributed by atoms with E-state index in [2.05, 4.69) is 4.74 Å². The summed E-state index contributed by atoms with van der Waals surface area (Å²) in [5.41, 5.74) is 0.591. The van der Waals surface area contributed by atoms with Crippen LogP contribution < -0.4 is 4.90 Å². The van der Waals surface area contributed by atoms with Crippen LogP contribution in [0.15, 0.2) is 24.3 Å². The van der Waals surface area contributed by atoms with E-state index in [9.17, 15) is 9.18 Å². The lowest BCUT2D eigenvalue weighted by Crippen LogP contribution is -2.25. The monoisotopic (exact) mass is 183 g/mol. The standard InChI is InChI=1S/C9H10FNO2/c1-11(9(12)13-2)8-5-3-7(10)4-6-8/h3-6H,1-2H3. The number of methoxy groups -OCH3 is 1. The first-order valence-electron chi connectivity index (χ1n) is 3.72. The molecule has 13 heavy (non-hydrogen) atoms. The van der Waals surface area contributed by atoms with Gasteiger partial charge in [0, 0.05) is 12.7 Å². The number of rotatable bonds is 1. The molecule has 0 radical (unpaired) electrons. The SMILES string of the molecule is COC(=O)N(C)c1ccc(F)cc1. The van der Waals surface area contributed by atoms with Crippen molar-refractivity contribution in [2.45, 2.75) is 0 Å². The number of carbonyl (C=O) groups is 1. The van der Waals surface area contributed by atoms with Crippen molar-refractivity contribution in [3.8, 4) is 0 Å². The molecule has 70 valence electrons. The molecule has 0 saturated carbocycles. The highest BCUT2D eigenvalue weighted by Crippen LogP contribution is 2.13. The van der Waals surface area contributed by atoms with E-state index in [1.165, 1.54) is 36.3 Å². The van der Waals surface area contributed by atoms with Crippen molar-refractivity contribution in [2.24, 2.45) is 0 Å². The fourth-order valence-electron chi connectivity index (χ4n) is 0.907. The molecule has 0 N–H and O–H groups in total. The van der Waals surface area contributed by atoms with Gasteiger partial charge in [0.15, 0.2) is 0 Å². The van der Waals surface area contributed by atoms with Crippen LogP contribution in [0.25, 0.3) is 0 Å². The third kappa shape index (κ3) is 2.18. The molecule has 0 aromatic heterocycles. The highest BCUT2D eigenvalue weighted by Gasteiger charge is 2.09. The predicted molar refractivity (Wildman–Crippen MR) is 47.2 cm³/mol.